The van der Waals surface area contributed by atoms with Gasteiger partial charge in [-0.3, -0.25) is 14.4 Å². The number of fused-ring (bicyclic) bond motifs is 1. The number of nitrogens with zero attached hydrogens (tertiary/aromatic N) is 2. The van der Waals surface area contributed by atoms with Crippen molar-refractivity contribution in [2.24, 2.45) is 0 Å². The van der Waals surface area contributed by atoms with Gasteiger partial charge < -0.3 is 20.1 Å². The highest BCUT2D eigenvalue weighted by Gasteiger charge is 2.24. The molecule has 8 heteroatoms. The maximum Gasteiger partial charge on any atom is 0.252 e. The van der Waals surface area contributed by atoms with Gasteiger partial charge in [0.1, 0.15) is 0 Å². The Kier molecular flexibility index (Phi) is 6.13. The third-order valence-corrected chi connectivity index (χ3v) is 6.09. The van der Waals surface area contributed by atoms with Crippen LogP contribution in [0.1, 0.15) is 22.3 Å². The molecule has 0 aliphatic carbocycles. The summed E-state index contributed by atoms with van der Waals surface area (Å²) in [4.78, 5) is 43.8. The molecule has 30 heavy (non-hydrogen) atoms. The van der Waals surface area contributed by atoms with Crippen molar-refractivity contribution in [2.45, 2.75) is 12.8 Å². The van der Waals surface area contributed by atoms with Crippen LogP contribution < -0.4 is 5.32 Å². The molecule has 3 amide bonds. The molecular formula is C22H24N4O3S. The number of aromatic amines is 1. The molecule has 4 rings (SSSR count). The fraction of sp³-hybridized carbons (Fsp3) is 0.318. The van der Waals surface area contributed by atoms with E-state index >= 15 is 0 Å². The quantitative estimate of drug-likeness (QED) is 0.637. The van der Waals surface area contributed by atoms with Crippen molar-refractivity contribution >= 4 is 40.0 Å². The average Bonchev–Trinajstić information content (AvgIpc) is 3.44. The first-order chi connectivity index (χ1) is 14.6. The van der Waals surface area contributed by atoms with E-state index < -0.39 is 0 Å². The standard InChI is InChI=1S/C22H24N4O3S/c27-20(5-7-23-22(29)16-6-12-30-15-16)25-8-10-26(11-9-25)21(28)13-17-14-24-19-4-2-1-3-18(17)19/h1-4,6,12,14-15,24H,5,7-11,13H2,(H,23,29). The van der Waals surface area contributed by atoms with E-state index in [0.717, 1.165) is 16.5 Å². The van der Waals surface area contributed by atoms with Crippen molar-refractivity contribution in [2.75, 3.05) is 32.7 Å². The first-order valence-electron chi connectivity index (χ1n) is 10.0. The molecule has 0 atom stereocenters. The second-order valence-electron chi connectivity index (χ2n) is 7.32. The zero-order valence-corrected chi connectivity index (χ0v) is 17.4. The molecule has 0 unspecified atom stereocenters. The Bertz CT molecular complexity index is 1040. The van der Waals surface area contributed by atoms with Crippen LogP contribution in [0.5, 0.6) is 0 Å². The molecule has 1 aliphatic heterocycles. The molecule has 1 aromatic carbocycles. The van der Waals surface area contributed by atoms with Gasteiger partial charge in [0.25, 0.3) is 5.91 Å². The zero-order valence-electron chi connectivity index (χ0n) is 16.6. The monoisotopic (exact) mass is 424 g/mol. The smallest absolute Gasteiger partial charge is 0.252 e. The highest BCUT2D eigenvalue weighted by atomic mass is 32.1. The molecule has 3 aromatic rings. The lowest BCUT2D eigenvalue weighted by Crippen LogP contribution is -2.51. The first kappa shape index (κ1) is 20.2. The molecule has 3 heterocycles. The second-order valence-corrected chi connectivity index (χ2v) is 8.10. The maximum atomic E-state index is 12.7. The zero-order chi connectivity index (χ0) is 20.9. The van der Waals surface area contributed by atoms with E-state index in [2.05, 4.69) is 10.3 Å². The van der Waals surface area contributed by atoms with E-state index in [4.69, 9.17) is 0 Å². The summed E-state index contributed by atoms with van der Waals surface area (Å²) in [6.45, 7) is 2.43. The van der Waals surface area contributed by atoms with Gasteiger partial charge in [-0.1, -0.05) is 18.2 Å². The number of aromatic nitrogens is 1. The molecule has 2 aromatic heterocycles. The van der Waals surface area contributed by atoms with E-state index in [-0.39, 0.29) is 24.1 Å². The van der Waals surface area contributed by atoms with Crippen LogP contribution in [0.2, 0.25) is 0 Å². The number of benzene rings is 1. The van der Waals surface area contributed by atoms with E-state index in [1.165, 1.54) is 11.3 Å². The number of amides is 3. The topological polar surface area (TPSA) is 85.5 Å². The van der Waals surface area contributed by atoms with Gasteiger partial charge in [-0.15, -0.1) is 0 Å². The molecule has 7 nitrogen and oxygen atoms in total. The number of rotatable bonds is 6. The predicted octanol–water partition coefficient (Wildman–Crippen LogP) is 2.26. The normalized spacial score (nSPS) is 14.1. The van der Waals surface area contributed by atoms with Gasteiger partial charge >= 0.3 is 0 Å². The number of nitrogens with one attached hydrogen (secondary N) is 2. The van der Waals surface area contributed by atoms with Gasteiger partial charge in [-0.05, 0) is 23.1 Å². The van der Waals surface area contributed by atoms with Gasteiger partial charge in [0.2, 0.25) is 11.8 Å². The first-order valence-corrected chi connectivity index (χ1v) is 11.0. The summed E-state index contributed by atoms with van der Waals surface area (Å²) in [6, 6.07) is 9.71. The van der Waals surface area contributed by atoms with Crippen LogP contribution in [0.4, 0.5) is 0 Å². The summed E-state index contributed by atoms with van der Waals surface area (Å²) in [6.07, 6.45) is 2.51. The number of para-hydroxylation sites is 1. The average molecular weight is 425 g/mol. The number of piperazine rings is 1. The maximum absolute atomic E-state index is 12.7. The summed E-state index contributed by atoms with van der Waals surface area (Å²) in [7, 11) is 0. The van der Waals surface area contributed by atoms with Crippen molar-refractivity contribution in [3.63, 3.8) is 0 Å². The number of carbonyl (C=O) groups excluding carboxylic acids is 3. The third kappa shape index (κ3) is 4.54. The molecule has 2 N–H and O–H groups in total. The third-order valence-electron chi connectivity index (χ3n) is 5.41. The van der Waals surface area contributed by atoms with Crippen LogP contribution in [0.25, 0.3) is 10.9 Å². The minimum Gasteiger partial charge on any atom is -0.361 e. The van der Waals surface area contributed by atoms with Crippen LogP contribution in [0, 0.1) is 0 Å². The van der Waals surface area contributed by atoms with Gasteiger partial charge in [0, 0.05) is 67.2 Å². The number of hydrogen-bond donors (Lipinski definition) is 2. The number of hydrogen-bond acceptors (Lipinski definition) is 4. The van der Waals surface area contributed by atoms with Crippen LogP contribution in [0.3, 0.4) is 0 Å². The highest BCUT2D eigenvalue weighted by Crippen LogP contribution is 2.19. The molecule has 0 bridgehead atoms. The van der Waals surface area contributed by atoms with Gasteiger partial charge in [-0.2, -0.15) is 11.3 Å². The Morgan fingerprint density at radius 3 is 2.47 bits per heavy atom. The van der Waals surface area contributed by atoms with Crippen molar-refractivity contribution < 1.29 is 14.4 Å². The molecule has 0 spiro atoms. The van der Waals surface area contributed by atoms with Gasteiger partial charge in [0.15, 0.2) is 0 Å². The van der Waals surface area contributed by atoms with Crippen LogP contribution >= 0.6 is 11.3 Å². The Labute approximate surface area is 178 Å². The number of thiophene rings is 1. The Morgan fingerprint density at radius 1 is 1.00 bits per heavy atom. The van der Waals surface area contributed by atoms with E-state index in [0.29, 0.717) is 44.7 Å². The fourth-order valence-corrected chi connectivity index (χ4v) is 4.33. The lowest BCUT2D eigenvalue weighted by Gasteiger charge is -2.35. The van der Waals surface area contributed by atoms with Crippen molar-refractivity contribution in [3.8, 4) is 0 Å². The summed E-state index contributed by atoms with van der Waals surface area (Å²) in [5.74, 6) is -0.0732. The Morgan fingerprint density at radius 2 is 1.73 bits per heavy atom. The molecular weight excluding hydrogens is 400 g/mol. The Hall–Kier alpha value is -3.13. The van der Waals surface area contributed by atoms with Crippen LogP contribution in [0.15, 0.2) is 47.3 Å². The molecule has 156 valence electrons. The van der Waals surface area contributed by atoms with Crippen molar-refractivity contribution in [1.82, 2.24) is 20.1 Å². The van der Waals surface area contributed by atoms with E-state index in [1.807, 2.05) is 40.7 Å². The summed E-state index contributed by atoms with van der Waals surface area (Å²) in [5.41, 5.74) is 2.65. The molecule has 1 saturated heterocycles. The molecule has 1 aliphatic rings. The van der Waals surface area contributed by atoms with Crippen molar-refractivity contribution in [3.05, 3.63) is 58.4 Å². The Balaban J connectivity index is 1.21. The molecule has 0 saturated carbocycles. The molecule has 1 fully saturated rings. The summed E-state index contributed by atoms with van der Waals surface area (Å²) in [5, 5.41) is 7.48. The summed E-state index contributed by atoms with van der Waals surface area (Å²) >= 11 is 1.46. The predicted molar refractivity (Wildman–Crippen MR) is 116 cm³/mol. The largest absolute Gasteiger partial charge is 0.361 e. The van der Waals surface area contributed by atoms with Gasteiger partial charge in [-0.25, -0.2) is 0 Å². The lowest BCUT2D eigenvalue weighted by atomic mass is 10.1. The van der Waals surface area contributed by atoms with E-state index in [9.17, 15) is 14.4 Å². The van der Waals surface area contributed by atoms with Crippen molar-refractivity contribution in [1.29, 1.82) is 0 Å². The number of H-pyrrole nitrogens is 1. The minimum absolute atomic E-state index is 0.00402. The SMILES string of the molecule is O=C(NCCC(=O)N1CCN(C(=O)Cc2c[nH]c3ccccc23)CC1)c1ccsc1. The molecule has 0 radical (unpaired) electrons. The van der Waals surface area contributed by atoms with E-state index in [1.54, 1.807) is 16.3 Å². The van der Waals surface area contributed by atoms with Crippen LogP contribution in [-0.2, 0) is 16.0 Å². The number of carbonyl (C=O) groups is 3. The highest BCUT2D eigenvalue weighted by molar-refractivity contribution is 7.08. The van der Waals surface area contributed by atoms with Crippen LogP contribution in [-0.4, -0.2) is 65.2 Å². The lowest BCUT2D eigenvalue weighted by molar-refractivity contribution is -0.139. The second kappa shape index (κ2) is 9.13. The fourth-order valence-electron chi connectivity index (χ4n) is 3.69. The van der Waals surface area contributed by atoms with Gasteiger partial charge in [0.05, 0.1) is 6.42 Å². The minimum atomic E-state index is -0.156. The summed E-state index contributed by atoms with van der Waals surface area (Å²) < 4.78 is 0.